The highest BCUT2D eigenvalue weighted by Crippen LogP contribution is 2.61. The Morgan fingerprint density at radius 1 is 1.05 bits per heavy atom. The second-order valence-corrected chi connectivity index (χ2v) is 6.60. The van der Waals surface area contributed by atoms with Gasteiger partial charge in [0.05, 0.1) is 19.6 Å². The lowest BCUT2D eigenvalue weighted by atomic mass is 9.68. The van der Waals surface area contributed by atoms with Crippen LogP contribution in [0.3, 0.4) is 0 Å². The Hall–Kier alpha value is -1.86. The summed E-state index contributed by atoms with van der Waals surface area (Å²) in [7, 11) is 0. The van der Waals surface area contributed by atoms with Crippen molar-refractivity contribution in [1.82, 2.24) is 0 Å². The average molecular weight is 303 g/mol. The maximum Gasteiger partial charge on any atom is 0.234 e. The molecule has 6 heteroatoms. The molecule has 0 N–H and O–H groups in total. The van der Waals surface area contributed by atoms with E-state index in [0.29, 0.717) is 25.6 Å². The van der Waals surface area contributed by atoms with Crippen molar-refractivity contribution in [2.24, 2.45) is 38.1 Å². The Balaban J connectivity index is 2.05. The predicted octanol–water partition coefficient (Wildman–Crippen LogP) is 2.20. The Labute approximate surface area is 129 Å². The number of hydrogen-bond donors (Lipinski definition) is 0. The fourth-order valence-electron chi connectivity index (χ4n) is 4.63. The fourth-order valence-corrected chi connectivity index (χ4v) is 4.63. The van der Waals surface area contributed by atoms with E-state index >= 15 is 0 Å². The first-order valence-electron chi connectivity index (χ1n) is 7.85. The van der Waals surface area contributed by atoms with Crippen molar-refractivity contribution in [2.45, 2.75) is 38.5 Å². The second kappa shape index (κ2) is 7.95. The first-order chi connectivity index (χ1) is 10.7. The van der Waals surface area contributed by atoms with Gasteiger partial charge in [0.1, 0.15) is 0 Å². The van der Waals surface area contributed by atoms with Crippen molar-refractivity contribution in [3.05, 3.63) is 0 Å². The Morgan fingerprint density at radius 3 is 2.32 bits per heavy atom. The van der Waals surface area contributed by atoms with E-state index in [2.05, 4.69) is 15.0 Å². The van der Waals surface area contributed by atoms with Crippen LogP contribution in [0.1, 0.15) is 38.5 Å². The summed E-state index contributed by atoms with van der Waals surface area (Å²) in [6.45, 7) is 1.26. The van der Waals surface area contributed by atoms with E-state index in [4.69, 9.17) is 0 Å². The Morgan fingerprint density at radius 2 is 1.73 bits per heavy atom. The van der Waals surface area contributed by atoms with E-state index in [1.165, 1.54) is 25.7 Å². The van der Waals surface area contributed by atoms with Crippen LogP contribution in [0.25, 0.3) is 0 Å². The maximum atomic E-state index is 10.4. The number of hydrogen-bond acceptors (Lipinski definition) is 6. The van der Waals surface area contributed by atoms with Gasteiger partial charge in [-0.3, -0.25) is 0 Å². The zero-order chi connectivity index (χ0) is 15.8. The van der Waals surface area contributed by atoms with Crippen LogP contribution in [0.5, 0.6) is 0 Å². The van der Waals surface area contributed by atoms with Crippen molar-refractivity contribution >= 4 is 18.2 Å². The lowest BCUT2D eigenvalue weighted by Crippen LogP contribution is -2.30. The molecule has 2 rings (SSSR count). The first kappa shape index (κ1) is 16.5. The van der Waals surface area contributed by atoms with E-state index in [-0.39, 0.29) is 11.3 Å². The molecule has 2 aliphatic rings. The van der Waals surface area contributed by atoms with Crippen molar-refractivity contribution < 1.29 is 14.4 Å². The molecule has 2 fully saturated rings. The molecule has 2 bridgehead atoms. The summed E-state index contributed by atoms with van der Waals surface area (Å²) in [6, 6.07) is 0. The number of nitrogens with zero attached hydrogens (tertiary/aromatic N) is 3. The van der Waals surface area contributed by atoms with Gasteiger partial charge in [-0.1, -0.05) is 0 Å². The van der Waals surface area contributed by atoms with Gasteiger partial charge in [-0.25, -0.2) is 29.4 Å². The van der Waals surface area contributed by atoms with Gasteiger partial charge in [-0.15, -0.1) is 0 Å². The van der Waals surface area contributed by atoms with E-state index < -0.39 is 0 Å². The molecule has 6 nitrogen and oxygen atoms in total. The van der Waals surface area contributed by atoms with Gasteiger partial charge >= 0.3 is 0 Å². The molecule has 0 aliphatic heterocycles. The van der Waals surface area contributed by atoms with Gasteiger partial charge < -0.3 is 0 Å². The molecule has 0 spiro atoms. The highest BCUT2D eigenvalue weighted by Gasteiger charge is 2.51. The summed E-state index contributed by atoms with van der Waals surface area (Å²) >= 11 is 0. The van der Waals surface area contributed by atoms with E-state index in [1.807, 2.05) is 0 Å². The molecule has 0 aromatic rings. The topological polar surface area (TPSA) is 88.3 Å². The number of carbonyl (C=O) groups excluding carboxylic acids is 3. The molecule has 0 aromatic heterocycles. The highest BCUT2D eigenvalue weighted by molar-refractivity contribution is 5.34. The maximum absolute atomic E-state index is 10.4. The van der Waals surface area contributed by atoms with Crippen molar-refractivity contribution in [2.75, 3.05) is 19.6 Å². The summed E-state index contributed by atoms with van der Waals surface area (Å²) in [5, 5.41) is 0. The third-order valence-electron chi connectivity index (χ3n) is 5.41. The molecule has 22 heavy (non-hydrogen) atoms. The number of fused-ring (bicyclic) bond motifs is 2. The minimum absolute atomic E-state index is 0.0804. The van der Waals surface area contributed by atoms with Crippen LogP contribution in [-0.2, 0) is 14.4 Å². The van der Waals surface area contributed by atoms with Crippen molar-refractivity contribution in [3.63, 3.8) is 0 Å². The smallest absolute Gasteiger partial charge is 0.211 e. The van der Waals surface area contributed by atoms with Crippen molar-refractivity contribution in [1.29, 1.82) is 0 Å². The molecule has 0 amide bonds. The summed E-state index contributed by atoms with van der Waals surface area (Å²) in [5.74, 6) is 1.39. The van der Waals surface area contributed by atoms with Crippen LogP contribution in [0.4, 0.5) is 0 Å². The first-order valence-corrected chi connectivity index (χ1v) is 7.85. The van der Waals surface area contributed by atoms with Crippen molar-refractivity contribution in [3.8, 4) is 0 Å². The van der Waals surface area contributed by atoms with Gasteiger partial charge in [0.2, 0.25) is 18.2 Å². The van der Waals surface area contributed by atoms with Crippen LogP contribution >= 0.6 is 0 Å². The number of aliphatic imine (C=N–C) groups is 3. The molecule has 0 heterocycles. The van der Waals surface area contributed by atoms with Gasteiger partial charge in [-0.05, 0) is 55.8 Å². The average Bonchev–Trinajstić information content (AvgIpc) is 3.08. The molecule has 2 aliphatic carbocycles. The summed E-state index contributed by atoms with van der Waals surface area (Å²) in [4.78, 5) is 42.0. The van der Waals surface area contributed by atoms with Gasteiger partial charge in [-0.2, -0.15) is 0 Å². The minimum Gasteiger partial charge on any atom is -0.211 e. The second-order valence-electron chi connectivity index (χ2n) is 6.60. The van der Waals surface area contributed by atoms with E-state index in [9.17, 15) is 14.4 Å². The molecular weight excluding hydrogens is 282 g/mol. The molecule has 118 valence electrons. The molecule has 0 aromatic carbocycles. The summed E-state index contributed by atoms with van der Waals surface area (Å²) < 4.78 is 0. The van der Waals surface area contributed by atoms with E-state index in [1.54, 1.807) is 18.2 Å². The lowest BCUT2D eigenvalue weighted by Gasteiger charge is -2.37. The standard InChI is InChI=1S/C16H21N3O3/c20-10-17-4-2-15-5-13-1-3-16(15,6-13)7-14(8-18-11-21)9-19-12-22/h13-15H,1-9H2. The minimum atomic E-state index is 0.0804. The molecule has 3 atom stereocenters. The predicted molar refractivity (Wildman–Crippen MR) is 79.6 cm³/mol. The SMILES string of the molecule is O=C=NCCC1CC2CCC1(CC(CN=C=O)CN=C=O)C2. The van der Waals surface area contributed by atoms with Crippen LogP contribution in [0.15, 0.2) is 15.0 Å². The van der Waals surface area contributed by atoms with Gasteiger partial charge in [0, 0.05) is 5.92 Å². The largest absolute Gasteiger partial charge is 0.234 e. The molecule has 2 saturated carbocycles. The van der Waals surface area contributed by atoms with Crippen LogP contribution in [-0.4, -0.2) is 37.9 Å². The van der Waals surface area contributed by atoms with Crippen LogP contribution in [0, 0.1) is 23.2 Å². The zero-order valence-corrected chi connectivity index (χ0v) is 12.7. The highest BCUT2D eigenvalue weighted by atomic mass is 16.1. The molecule has 0 radical (unpaired) electrons. The van der Waals surface area contributed by atoms with Crippen LogP contribution in [0.2, 0.25) is 0 Å². The summed E-state index contributed by atoms with van der Waals surface area (Å²) in [5.41, 5.74) is 0.227. The Kier molecular flexibility index (Phi) is 5.97. The van der Waals surface area contributed by atoms with Gasteiger partial charge in [0.25, 0.3) is 0 Å². The zero-order valence-electron chi connectivity index (χ0n) is 12.7. The lowest BCUT2D eigenvalue weighted by molar-refractivity contribution is 0.135. The summed E-state index contributed by atoms with van der Waals surface area (Å²) in [6.07, 6.45) is 11.4. The third-order valence-corrected chi connectivity index (χ3v) is 5.41. The fraction of sp³-hybridized carbons (Fsp3) is 0.812. The molecule has 3 unspecified atom stereocenters. The van der Waals surface area contributed by atoms with Crippen LogP contribution < -0.4 is 0 Å². The third kappa shape index (κ3) is 3.86. The Bertz CT molecular complexity index is 511. The molecule has 0 saturated heterocycles. The quantitative estimate of drug-likeness (QED) is 0.483. The molecular formula is C16H21N3O3. The van der Waals surface area contributed by atoms with Gasteiger partial charge in [0.15, 0.2) is 0 Å². The normalized spacial score (nSPS) is 30.0. The number of isocyanates is 3. The van der Waals surface area contributed by atoms with E-state index in [0.717, 1.165) is 18.8 Å². The monoisotopic (exact) mass is 303 g/mol. The number of rotatable bonds is 9.